The zero-order valence-corrected chi connectivity index (χ0v) is 17.9. The van der Waals surface area contributed by atoms with Crippen molar-refractivity contribution in [2.24, 2.45) is 0 Å². The smallest absolute Gasteiger partial charge is 0.173 e. The highest BCUT2D eigenvalue weighted by Crippen LogP contribution is 2.21. The van der Waals surface area contributed by atoms with Crippen LogP contribution in [0.15, 0.2) is 24.3 Å². The third-order valence-corrected chi connectivity index (χ3v) is 6.90. The van der Waals surface area contributed by atoms with Crippen LogP contribution in [0.4, 0.5) is 5.69 Å². The number of anilines is 1. The largest absolute Gasteiger partial charge is 0.345 e. The lowest BCUT2D eigenvalue weighted by Crippen LogP contribution is -3.05. The van der Waals surface area contributed by atoms with Gasteiger partial charge >= 0.3 is 0 Å². The van der Waals surface area contributed by atoms with Crippen LogP contribution in [0.5, 0.6) is 0 Å². The first kappa shape index (κ1) is 21.1. The van der Waals surface area contributed by atoms with Gasteiger partial charge in [-0.3, -0.25) is 0 Å². The summed E-state index contributed by atoms with van der Waals surface area (Å²) in [6.07, 6.45) is 1.64. The Balaban J connectivity index is 2.06. The Bertz CT molecular complexity index is 700. The topological polar surface area (TPSA) is 53.9 Å². The van der Waals surface area contributed by atoms with Crippen LogP contribution < -0.4 is 10.2 Å². The van der Waals surface area contributed by atoms with Crippen LogP contribution in [-0.4, -0.2) is 63.2 Å². The first-order chi connectivity index (χ1) is 12.2. The highest BCUT2D eigenvalue weighted by Gasteiger charge is 2.33. The molecule has 0 saturated carbocycles. The average Bonchev–Trinajstić information content (AvgIpc) is 2.91. The molecular weight excluding hydrogens is 366 g/mol. The summed E-state index contributed by atoms with van der Waals surface area (Å²) < 4.78 is 23.8. The average molecular weight is 399 g/mol. The Kier molecular flexibility index (Phi) is 7.43. The Labute approximate surface area is 163 Å². The maximum atomic E-state index is 11.9. The molecule has 1 fully saturated rings. The molecule has 26 heavy (non-hydrogen) atoms. The zero-order chi connectivity index (χ0) is 19.3. The number of rotatable bonds is 7. The molecule has 0 spiro atoms. The van der Waals surface area contributed by atoms with E-state index in [1.54, 1.807) is 0 Å². The molecular formula is C19H32N3O2S2+. The quantitative estimate of drug-likeness (QED) is 0.683. The van der Waals surface area contributed by atoms with Crippen molar-refractivity contribution in [1.29, 1.82) is 0 Å². The van der Waals surface area contributed by atoms with E-state index in [-0.39, 0.29) is 17.5 Å². The molecule has 146 valence electrons. The third-order valence-electron chi connectivity index (χ3n) is 4.81. The second-order valence-electron chi connectivity index (χ2n) is 7.77. The summed E-state index contributed by atoms with van der Waals surface area (Å²) in [6.45, 7) is 6.15. The van der Waals surface area contributed by atoms with Gasteiger partial charge in [0.2, 0.25) is 0 Å². The second-order valence-corrected chi connectivity index (χ2v) is 10.4. The monoisotopic (exact) mass is 398 g/mol. The number of nitrogens with one attached hydrogen (secondary N) is 2. The van der Waals surface area contributed by atoms with Gasteiger partial charge in [0.1, 0.15) is 0 Å². The lowest BCUT2D eigenvalue weighted by molar-refractivity contribution is -0.858. The molecule has 1 heterocycles. The normalized spacial score (nSPS) is 19.1. The predicted molar refractivity (Wildman–Crippen MR) is 113 cm³/mol. The number of quaternary nitrogens is 1. The van der Waals surface area contributed by atoms with E-state index in [9.17, 15) is 8.42 Å². The molecule has 5 nitrogen and oxygen atoms in total. The van der Waals surface area contributed by atoms with Gasteiger partial charge < -0.3 is 15.1 Å². The summed E-state index contributed by atoms with van der Waals surface area (Å²) in [6, 6.07) is 8.27. The molecule has 1 aliphatic rings. The van der Waals surface area contributed by atoms with Crippen molar-refractivity contribution in [3.8, 4) is 0 Å². The van der Waals surface area contributed by atoms with E-state index in [0.29, 0.717) is 17.5 Å². The van der Waals surface area contributed by atoms with Gasteiger partial charge in [0.05, 0.1) is 32.1 Å². The molecule has 2 rings (SSSR count). The highest BCUT2D eigenvalue weighted by molar-refractivity contribution is 7.91. The molecule has 1 aromatic carbocycles. The van der Waals surface area contributed by atoms with E-state index in [1.165, 1.54) is 10.5 Å². The Hall–Kier alpha value is -1.18. The Morgan fingerprint density at radius 2 is 1.96 bits per heavy atom. The van der Waals surface area contributed by atoms with E-state index < -0.39 is 9.84 Å². The SMILES string of the molecule is CC(C)c1ccc(NC(=S)N(CCC[NH+](C)C)[C@@H]2CCS(=O)(=O)C2)cc1. The van der Waals surface area contributed by atoms with Crippen LogP contribution in [0.25, 0.3) is 0 Å². The predicted octanol–water partition coefficient (Wildman–Crippen LogP) is 1.53. The van der Waals surface area contributed by atoms with Crippen molar-refractivity contribution >= 4 is 32.9 Å². The first-order valence-electron chi connectivity index (χ1n) is 9.35. The summed E-state index contributed by atoms with van der Waals surface area (Å²) >= 11 is 5.65. The van der Waals surface area contributed by atoms with Crippen molar-refractivity contribution in [1.82, 2.24) is 4.90 Å². The Morgan fingerprint density at radius 1 is 1.31 bits per heavy atom. The minimum atomic E-state index is -2.94. The minimum absolute atomic E-state index is 0.0212. The molecule has 0 amide bonds. The van der Waals surface area contributed by atoms with Crippen LogP contribution in [-0.2, 0) is 9.84 Å². The molecule has 1 saturated heterocycles. The first-order valence-corrected chi connectivity index (χ1v) is 11.6. The summed E-state index contributed by atoms with van der Waals surface area (Å²) in [7, 11) is 1.31. The standard InChI is InChI=1S/C19H31N3O2S2/c1-15(2)16-6-8-17(9-7-16)20-19(25)22(12-5-11-21(3)4)18-10-13-26(23,24)14-18/h6-9,15,18H,5,10-14H2,1-4H3,(H,20,25)/p+1/t18-/m1/s1. The van der Waals surface area contributed by atoms with Crippen molar-refractivity contribution in [2.45, 2.75) is 38.6 Å². The Morgan fingerprint density at radius 3 is 2.46 bits per heavy atom. The third kappa shape index (κ3) is 6.21. The van der Waals surface area contributed by atoms with E-state index >= 15 is 0 Å². The zero-order valence-electron chi connectivity index (χ0n) is 16.3. The molecule has 0 unspecified atom stereocenters. The molecule has 1 atom stereocenters. The molecule has 0 radical (unpaired) electrons. The van der Waals surface area contributed by atoms with Crippen LogP contribution >= 0.6 is 12.2 Å². The maximum Gasteiger partial charge on any atom is 0.173 e. The summed E-state index contributed by atoms with van der Waals surface area (Å²) in [5.74, 6) is 0.957. The van der Waals surface area contributed by atoms with E-state index in [4.69, 9.17) is 12.2 Å². The van der Waals surface area contributed by atoms with Gasteiger partial charge in [-0.2, -0.15) is 0 Å². The van der Waals surface area contributed by atoms with Crippen LogP contribution in [0, 0.1) is 0 Å². The molecule has 2 N–H and O–H groups in total. The van der Waals surface area contributed by atoms with E-state index in [2.05, 4.69) is 50.3 Å². The fourth-order valence-corrected chi connectivity index (χ4v) is 5.31. The van der Waals surface area contributed by atoms with Gasteiger partial charge in [-0.25, -0.2) is 8.42 Å². The van der Waals surface area contributed by atoms with Gasteiger partial charge in [-0.15, -0.1) is 0 Å². The molecule has 7 heteroatoms. The summed E-state index contributed by atoms with van der Waals surface area (Å²) in [5, 5.41) is 3.93. The van der Waals surface area contributed by atoms with Crippen molar-refractivity contribution in [2.75, 3.05) is 44.0 Å². The van der Waals surface area contributed by atoms with Crippen LogP contribution in [0.1, 0.15) is 38.2 Å². The number of hydrogen-bond acceptors (Lipinski definition) is 3. The van der Waals surface area contributed by atoms with Crippen molar-refractivity contribution in [3.63, 3.8) is 0 Å². The molecule has 0 aliphatic carbocycles. The number of thiocarbonyl (C=S) groups is 1. The number of benzene rings is 1. The van der Waals surface area contributed by atoms with Gasteiger partial charge in [0.15, 0.2) is 14.9 Å². The van der Waals surface area contributed by atoms with E-state index in [1.807, 2.05) is 12.1 Å². The molecule has 0 aromatic heterocycles. The van der Waals surface area contributed by atoms with Gasteiger partial charge in [0, 0.05) is 24.7 Å². The minimum Gasteiger partial charge on any atom is -0.345 e. The lowest BCUT2D eigenvalue weighted by atomic mass is 10.0. The number of nitrogens with zero attached hydrogens (tertiary/aromatic N) is 1. The maximum absolute atomic E-state index is 11.9. The lowest BCUT2D eigenvalue weighted by Gasteiger charge is -2.31. The molecule has 0 bridgehead atoms. The van der Waals surface area contributed by atoms with Crippen molar-refractivity contribution in [3.05, 3.63) is 29.8 Å². The molecule has 1 aliphatic heterocycles. The van der Waals surface area contributed by atoms with Crippen LogP contribution in [0.3, 0.4) is 0 Å². The van der Waals surface area contributed by atoms with Gasteiger partial charge in [0.25, 0.3) is 0 Å². The highest BCUT2D eigenvalue weighted by atomic mass is 32.2. The van der Waals surface area contributed by atoms with Crippen molar-refractivity contribution < 1.29 is 13.3 Å². The number of hydrogen-bond donors (Lipinski definition) is 2. The van der Waals surface area contributed by atoms with Crippen LogP contribution in [0.2, 0.25) is 0 Å². The van der Waals surface area contributed by atoms with Gasteiger partial charge in [-0.05, 0) is 42.3 Å². The summed E-state index contributed by atoms with van der Waals surface area (Å²) in [5.41, 5.74) is 2.23. The van der Waals surface area contributed by atoms with E-state index in [0.717, 1.165) is 25.2 Å². The second kappa shape index (κ2) is 9.15. The molecule has 1 aromatic rings. The number of sulfone groups is 1. The fraction of sp³-hybridized carbons (Fsp3) is 0.632. The van der Waals surface area contributed by atoms with Gasteiger partial charge in [-0.1, -0.05) is 26.0 Å². The fourth-order valence-electron chi connectivity index (χ4n) is 3.22. The summed E-state index contributed by atoms with van der Waals surface area (Å²) in [4.78, 5) is 3.46.